The maximum Gasteiger partial charge on any atom is 0.0791 e. The molecule has 2 rings (SSSR count). The van der Waals surface area contributed by atoms with Crippen LogP contribution in [0.3, 0.4) is 0 Å². The van der Waals surface area contributed by atoms with Gasteiger partial charge < -0.3 is 10.6 Å². The average molecular weight is 281 g/mol. The second-order valence-electron chi connectivity index (χ2n) is 5.99. The summed E-state index contributed by atoms with van der Waals surface area (Å²) < 4.78 is 0. The Labute approximate surface area is 121 Å². The Morgan fingerprint density at radius 2 is 2.00 bits per heavy atom. The van der Waals surface area contributed by atoms with E-state index in [1.54, 1.807) is 0 Å². The summed E-state index contributed by atoms with van der Waals surface area (Å²) in [7, 11) is 0. The molecule has 0 spiro atoms. The van der Waals surface area contributed by atoms with E-state index in [-0.39, 0.29) is 0 Å². The van der Waals surface area contributed by atoms with Gasteiger partial charge in [0, 0.05) is 12.6 Å². The van der Waals surface area contributed by atoms with Gasteiger partial charge in [-0.1, -0.05) is 44.4 Å². The standard InChI is InChI=1S/C16H25ClN2/c1-12(2)10-11-19(13-6-3-4-7-13)16-14(17)8-5-9-15(16)18/h5,8-9,12-13H,3-4,6-7,10-11,18H2,1-2H3. The van der Waals surface area contributed by atoms with Crippen molar-refractivity contribution in [3.63, 3.8) is 0 Å². The number of anilines is 2. The molecule has 0 aliphatic heterocycles. The average Bonchev–Trinajstić information content (AvgIpc) is 2.86. The van der Waals surface area contributed by atoms with Gasteiger partial charge in [0.25, 0.3) is 0 Å². The Hall–Kier alpha value is -0.890. The van der Waals surface area contributed by atoms with Crippen LogP contribution in [0, 0.1) is 5.92 Å². The molecule has 1 aromatic rings. The molecule has 1 aromatic carbocycles. The Balaban J connectivity index is 2.25. The smallest absolute Gasteiger partial charge is 0.0791 e. The SMILES string of the molecule is CC(C)CCN(c1c(N)cccc1Cl)C1CCCC1. The van der Waals surface area contributed by atoms with Crippen molar-refractivity contribution in [3.05, 3.63) is 23.2 Å². The fraction of sp³-hybridized carbons (Fsp3) is 0.625. The molecule has 0 radical (unpaired) electrons. The molecule has 2 N–H and O–H groups in total. The number of hydrogen-bond acceptors (Lipinski definition) is 2. The highest BCUT2D eigenvalue weighted by Gasteiger charge is 2.25. The highest BCUT2D eigenvalue weighted by atomic mass is 35.5. The molecular weight excluding hydrogens is 256 g/mol. The van der Waals surface area contributed by atoms with Crippen molar-refractivity contribution in [1.29, 1.82) is 0 Å². The van der Waals surface area contributed by atoms with Crippen LogP contribution in [-0.4, -0.2) is 12.6 Å². The van der Waals surface area contributed by atoms with E-state index in [4.69, 9.17) is 17.3 Å². The van der Waals surface area contributed by atoms with Gasteiger partial charge in [-0.2, -0.15) is 0 Å². The minimum absolute atomic E-state index is 0.612. The van der Waals surface area contributed by atoms with E-state index in [0.717, 1.165) is 22.9 Å². The monoisotopic (exact) mass is 280 g/mol. The summed E-state index contributed by atoms with van der Waals surface area (Å²) in [6.07, 6.45) is 6.37. The first kappa shape index (κ1) is 14.5. The van der Waals surface area contributed by atoms with Crippen molar-refractivity contribution < 1.29 is 0 Å². The molecular formula is C16H25ClN2. The van der Waals surface area contributed by atoms with E-state index in [9.17, 15) is 0 Å². The molecule has 0 aromatic heterocycles. The number of hydrogen-bond donors (Lipinski definition) is 1. The second kappa shape index (κ2) is 6.51. The molecule has 19 heavy (non-hydrogen) atoms. The summed E-state index contributed by atoms with van der Waals surface area (Å²) in [4.78, 5) is 2.46. The van der Waals surface area contributed by atoms with Crippen LogP contribution < -0.4 is 10.6 Å². The van der Waals surface area contributed by atoms with Gasteiger partial charge in [0.15, 0.2) is 0 Å². The van der Waals surface area contributed by atoms with Crippen LogP contribution in [0.5, 0.6) is 0 Å². The number of halogens is 1. The predicted molar refractivity (Wildman–Crippen MR) is 84.9 cm³/mol. The van der Waals surface area contributed by atoms with Crippen molar-refractivity contribution in [2.24, 2.45) is 5.92 Å². The lowest BCUT2D eigenvalue weighted by Gasteiger charge is -2.33. The van der Waals surface area contributed by atoms with Gasteiger partial charge in [0.1, 0.15) is 0 Å². The van der Waals surface area contributed by atoms with Gasteiger partial charge in [-0.15, -0.1) is 0 Å². The van der Waals surface area contributed by atoms with Gasteiger partial charge >= 0.3 is 0 Å². The van der Waals surface area contributed by atoms with Crippen LogP contribution in [0.2, 0.25) is 5.02 Å². The normalized spacial score (nSPS) is 16.2. The van der Waals surface area contributed by atoms with Crippen LogP contribution in [0.25, 0.3) is 0 Å². The highest BCUT2D eigenvalue weighted by molar-refractivity contribution is 6.34. The van der Waals surface area contributed by atoms with Crippen LogP contribution in [0.4, 0.5) is 11.4 Å². The number of nitrogens with two attached hydrogens (primary N) is 1. The minimum Gasteiger partial charge on any atom is -0.397 e. The third-order valence-corrected chi connectivity index (χ3v) is 4.32. The zero-order valence-corrected chi connectivity index (χ0v) is 12.8. The molecule has 106 valence electrons. The zero-order valence-electron chi connectivity index (χ0n) is 12.0. The van der Waals surface area contributed by atoms with Gasteiger partial charge in [0.05, 0.1) is 16.4 Å². The van der Waals surface area contributed by atoms with Crippen LogP contribution in [0.15, 0.2) is 18.2 Å². The fourth-order valence-electron chi connectivity index (χ4n) is 2.93. The van der Waals surface area contributed by atoms with E-state index in [1.165, 1.54) is 32.1 Å². The molecule has 1 aliphatic carbocycles. The number of nitrogens with zero attached hydrogens (tertiary/aromatic N) is 1. The Morgan fingerprint density at radius 1 is 1.32 bits per heavy atom. The zero-order chi connectivity index (χ0) is 13.8. The molecule has 0 amide bonds. The largest absolute Gasteiger partial charge is 0.397 e. The number of para-hydroxylation sites is 1. The number of nitrogen functional groups attached to an aromatic ring is 1. The molecule has 3 heteroatoms. The molecule has 0 saturated heterocycles. The van der Waals surface area contributed by atoms with E-state index >= 15 is 0 Å². The fourth-order valence-corrected chi connectivity index (χ4v) is 3.22. The maximum atomic E-state index is 6.40. The summed E-state index contributed by atoms with van der Waals surface area (Å²) in [5, 5.41) is 0.788. The van der Waals surface area contributed by atoms with E-state index in [1.807, 2.05) is 18.2 Å². The van der Waals surface area contributed by atoms with Gasteiger partial charge in [-0.25, -0.2) is 0 Å². The molecule has 1 saturated carbocycles. The summed E-state index contributed by atoms with van der Waals surface area (Å²) >= 11 is 6.40. The van der Waals surface area contributed by atoms with Gasteiger partial charge in [-0.3, -0.25) is 0 Å². The molecule has 0 heterocycles. The summed E-state index contributed by atoms with van der Waals surface area (Å²) in [5.74, 6) is 0.701. The topological polar surface area (TPSA) is 29.3 Å². The maximum absolute atomic E-state index is 6.40. The Kier molecular flexibility index (Phi) is 4.98. The number of rotatable bonds is 5. The molecule has 0 atom stereocenters. The molecule has 0 unspecified atom stereocenters. The van der Waals surface area contributed by atoms with E-state index in [0.29, 0.717) is 12.0 Å². The summed E-state index contributed by atoms with van der Waals surface area (Å²) in [6, 6.07) is 6.44. The number of benzene rings is 1. The summed E-state index contributed by atoms with van der Waals surface area (Å²) in [6.45, 7) is 5.59. The third-order valence-electron chi connectivity index (χ3n) is 4.02. The predicted octanol–water partition coefficient (Wildman–Crippen LogP) is 4.72. The molecule has 1 fully saturated rings. The Bertz CT molecular complexity index is 391. The van der Waals surface area contributed by atoms with Crippen molar-refractivity contribution in [2.45, 2.75) is 52.0 Å². The first-order chi connectivity index (χ1) is 9.09. The molecule has 1 aliphatic rings. The van der Waals surface area contributed by atoms with Crippen LogP contribution in [-0.2, 0) is 0 Å². The van der Waals surface area contributed by atoms with E-state index in [2.05, 4.69) is 18.7 Å². The van der Waals surface area contributed by atoms with Crippen LogP contribution >= 0.6 is 11.6 Å². The minimum atomic E-state index is 0.612. The van der Waals surface area contributed by atoms with Crippen molar-refractivity contribution in [3.8, 4) is 0 Å². The first-order valence-electron chi connectivity index (χ1n) is 7.40. The second-order valence-corrected chi connectivity index (χ2v) is 6.40. The lowest BCUT2D eigenvalue weighted by atomic mass is 10.1. The van der Waals surface area contributed by atoms with E-state index < -0.39 is 0 Å². The Morgan fingerprint density at radius 3 is 2.58 bits per heavy atom. The molecule has 2 nitrogen and oxygen atoms in total. The van der Waals surface area contributed by atoms with Gasteiger partial charge in [0.2, 0.25) is 0 Å². The van der Waals surface area contributed by atoms with Gasteiger partial charge in [-0.05, 0) is 37.3 Å². The molecule has 0 bridgehead atoms. The quantitative estimate of drug-likeness (QED) is 0.791. The van der Waals surface area contributed by atoms with Crippen molar-refractivity contribution in [2.75, 3.05) is 17.2 Å². The van der Waals surface area contributed by atoms with Crippen molar-refractivity contribution in [1.82, 2.24) is 0 Å². The highest BCUT2D eigenvalue weighted by Crippen LogP contribution is 2.37. The lowest BCUT2D eigenvalue weighted by molar-refractivity contribution is 0.529. The summed E-state index contributed by atoms with van der Waals surface area (Å²) in [5.41, 5.74) is 8.03. The first-order valence-corrected chi connectivity index (χ1v) is 7.78. The van der Waals surface area contributed by atoms with Crippen molar-refractivity contribution >= 4 is 23.0 Å². The van der Waals surface area contributed by atoms with Crippen LogP contribution in [0.1, 0.15) is 46.0 Å². The third kappa shape index (κ3) is 3.56. The lowest BCUT2D eigenvalue weighted by Crippen LogP contribution is -2.35.